The lowest BCUT2D eigenvalue weighted by molar-refractivity contribution is -0.161. The van der Waals surface area contributed by atoms with Crippen LogP contribution in [-0.2, 0) is 37.5 Å². The highest BCUT2D eigenvalue weighted by Gasteiger charge is 2.28. The fourth-order valence-electron chi connectivity index (χ4n) is 6.77. The van der Waals surface area contributed by atoms with Crippen LogP contribution in [0.1, 0.15) is 232 Å². The molecule has 0 radical (unpaired) electrons. The Morgan fingerprint density at radius 1 is 0.517 bits per heavy atom. The molecular weight excluding hydrogens is 757 g/mol. The van der Waals surface area contributed by atoms with Crippen LogP contribution in [0.4, 0.5) is 0 Å². The number of hydrogen-bond donors (Lipinski definition) is 3. The average molecular weight is 846 g/mol. The Bertz CT molecular complexity index is 1040. The van der Waals surface area contributed by atoms with Crippen molar-refractivity contribution < 1.29 is 47.5 Å². The predicted octanol–water partition coefficient (Wildman–Crippen LogP) is 12.8. The first-order valence-corrected chi connectivity index (χ1v) is 25.2. The number of ether oxygens (including phenoxy) is 2. The highest BCUT2D eigenvalue weighted by molar-refractivity contribution is 7.47. The number of allylic oxidation sites excluding steroid dienone is 2. The van der Waals surface area contributed by atoms with Crippen molar-refractivity contribution in [2.75, 3.05) is 19.8 Å². The Morgan fingerprint density at radius 2 is 0.862 bits per heavy atom. The van der Waals surface area contributed by atoms with Crippen LogP contribution in [0.15, 0.2) is 12.2 Å². The van der Waals surface area contributed by atoms with Gasteiger partial charge in [-0.25, -0.2) is 4.57 Å². The molecule has 0 aromatic rings. The smallest absolute Gasteiger partial charge is 0.472 e. The van der Waals surface area contributed by atoms with E-state index in [0.29, 0.717) is 12.8 Å². The zero-order valence-electron chi connectivity index (χ0n) is 37.2. The van der Waals surface area contributed by atoms with Crippen molar-refractivity contribution in [1.29, 1.82) is 0 Å². The third-order valence-corrected chi connectivity index (χ3v) is 11.5. The van der Waals surface area contributed by atoms with Gasteiger partial charge in [0.2, 0.25) is 0 Å². The first-order chi connectivity index (χ1) is 28.1. The molecule has 0 saturated carbocycles. The molecule has 58 heavy (non-hydrogen) atoms. The fourth-order valence-corrected chi connectivity index (χ4v) is 7.55. The quantitative estimate of drug-likeness (QED) is 0.0230. The van der Waals surface area contributed by atoms with Gasteiger partial charge in [-0.15, -0.1) is 0 Å². The zero-order valence-corrected chi connectivity index (χ0v) is 38.1. The minimum Gasteiger partial charge on any atom is -0.480 e. The van der Waals surface area contributed by atoms with Crippen LogP contribution in [0.2, 0.25) is 0 Å². The molecule has 3 unspecified atom stereocenters. The third kappa shape index (κ3) is 41.0. The Kier molecular flexibility index (Phi) is 40.6. The lowest BCUT2D eigenvalue weighted by Crippen LogP contribution is -2.34. The van der Waals surface area contributed by atoms with Crippen LogP contribution in [-0.4, -0.2) is 59.9 Å². The number of phosphoric acid groups is 1. The van der Waals surface area contributed by atoms with Gasteiger partial charge in [-0.1, -0.05) is 193 Å². The summed E-state index contributed by atoms with van der Waals surface area (Å²) < 4.78 is 32.8. The number of unbranched alkanes of at least 4 members (excludes halogenated alkanes) is 29. The summed E-state index contributed by atoms with van der Waals surface area (Å²) in [7, 11) is -4.71. The molecule has 0 aliphatic carbocycles. The van der Waals surface area contributed by atoms with E-state index in [2.05, 4.69) is 30.5 Å². The number of phosphoric ester groups is 1. The molecule has 0 aromatic carbocycles. The second-order valence-electron chi connectivity index (χ2n) is 16.2. The maximum Gasteiger partial charge on any atom is 0.472 e. The predicted molar refractivity (Wildman–Crippen MR) is 236 cm³/mol. The summed E-state index contributed by atoms with van der Waals surface area (Å²) in [5.74, 6) is -2.36. The van der Waals surface area contributed by atoms with E-state index in [0.717, 1.165) is 38.5 Å². The maximum atomic E-state index is 12.7. The summed E-state index contributed by atoms with van der Waals surface area (Å²) in [6.45, 7) is 2.83. The van der Waals surface area contributed by atoms with Gasteiger partial charge in [-0.2, -0.15) is 0 Å². The Labute approximate surface area is 354 Å². The van der Waals surface area contributed by atoms with Crippen molar-refractivity contribution in [3.05, 3.63) is 12.2 Å². The zero-order chi connectivity index (χ0) is 42.8. The molecule has 0 heterocycles. The fraction of sp³-hybridized carbons (Fsp3) is 0.891. The van der Waals surface area contributed by atoms with Gasteiger partial charge < -0.3 is 25.2 Å². The summed E-state index contributed by atoms with van der Waals surface area (Å²) in [4.78, 5) is 46.0. The van der Waals surface area contributed by atoms with E-state index in [1.54, 1.807) is 0 Å². The molecule has 4 N–H and O–H groups in total. The molecule has 11 nitrogen and oxygen atoms in total. The molecule has 342 valence electrons. The summed E-state index contributed by atoms with van der Waals surface area (Å²) in [5.41, 5.74) is 5.34. The lowest BCUT2D eigenvalue weighted by Gasteiger charge is -2.20. The van der Waals surface area contributed by atoms with Crippen molar-refractivity contribution in [3.8, 4) is 0 Å². The van der Waals surface area contributed by atoms with E-state index in [1.807, 2.05) is 0 Å². The Morgan fingerprint density at radius 3 is 1.26 bits per heavy atom. The molecule has 3 atom stereocenters. The number of aliphatic carboxylic acids is 1. The van der Waals surface area contributed by atoms with Crippen LogP contribution in [0.5, 0.6) is 0 Å². The van der Waals surface area contributed by atoms with Crippen LogP contribution >= 0.6 is 7.82 Å². The number of carboxylic acid groups (broad SMARTS) is 1. The minimum atomic E-state index is -4.71. The summed E-state index contributed by atoms with van der Waals surface area (Å²) in [6.07, 6.45) is 42.7. The van der Waals surface area contributed by atoms with Crippen molar-refractivity contribution in [2.45, 2.75) is 244 Å². The van der Waals surface area contributed by atoms with E-state index in [4.69, 9.17) is 24.8 Å². The summed E-state index contributed by atoms with van der Waals surface area (Å²) in [5, 5.41) is 8.90. The molecule has 0 spiro atoms. The van der Waals surface area contributed by atoms with E-state index in [9.17, 15) is 23.8 Å². The number of nitrogens with two attached hydrogens (primary N) is 1. The minimum absolute atomic E-state index is 0.163. The van der Waals surface area contributed by atoms with Crippen molar-refractivity contribution >= 4 is 25.7 Å². The van der Waals surface area contributed by atoms with E-state index in [1.165, 1.54) is 154 Å². The van der Waals surface area contributed by atoms with Gasteiger partial charge >= 0.3 is 25.7 Å². The van der Waals surface area contributed by atoms with Gasteiger partial charge in [0, 0.05) is 12.8 Å². The van der Waals surface area contributed by atoms with Crippen molar-refractivity contribution in [1.82, 2.24) is 0 Å². The SMILES string of the molecule is CCCCCCCC/C=C\CCCCCCCCCCCC(=O)OC(COC(=O)CCCCCCCCCCCCCCCCC)COP(=O)(O)OCC(N)C(=O)O. The third-order valence-electron chi connectivity index (χ3n) is 10.5. The average Bonchev–Trinajstić information content (AvgIpc) is 3.20. The summed E-state index contributed by atoms with van der Waals surface area (Å²) in [6, 6.07) is -1.52. The monoisotopic (exact) mass is 846 g/mol. The van der Waals surface area contributed by atoms with Gasteiger partial charge in [0.15, 0.2) is 6.10 Å². The first-order valence-electron chi connectivity index (χ1n) is 23.7. The van der Waals surface area contributed by atoms with Gasteiger partial charge in [0.1, 0.15) is 12.6 Å². The number of carbonyl (C=O) groups is 3. The van der Waals surface area contributed by atoms with Crippen LogP contribution in [0, 0.1) is 0 Å². The van der Waals surface area contributed by atoms with Gasteiger partial charge in [-0.05, 0) is 38.5 Å². The van der Waals surface area contributed by atoms with Crippen LogP contribution in [0.25, 0.3) is 0 Å². The Balaban J connectivity index is 4.27. The highest BCUT2D eigenvalue weighted by Crippen LogP contribution is 2.43. The maximum absolute atomic E-state index is 12.7. The molecule has 0 aliphatic heterocycles. The van der Waals surface area contributed by atoms with E-state index in [-0.39, 0.29) is 19.4 Å². The van der Waals surface area contributed by atoms with Crippen molar-refractivity contribution in [3.63, 3.8) is 0 Å². The number of hydrogen-bond acceptors (Lipinski definition) is 9. The lowest BCUT2D eigenvalue weighted by atomic mass is 10.0. The molecule has 12 heteroatoms. The number of carbonyl (C=O) groups excluding carboxylic acids is 2. The second-order valence-corrected chi connectivity index (χ2v) is 17.7. The molecule has 0 amide bonds. The molecule has 0 bridgehead atoms. The van der Waals surface area contributed by atoms with E-state index < -0.39 is 51.1 Å². The molecule has 0 aromatic heterocycles. The van der Waals surface area contributed by atoms with Crippen LogP contribution in [0.3, 0.4) is 0 Å². The highest BCUT2D eigenvalue weighted by atomic mass is 31.2. The second kappa shape index (κ2) is 41.9. The number of esters is 2. The van der Waals surface area contributed by atoms with E-state index >= 15 is 0 Å². The summed E-state index contributed by atoms with van der Waals surface area (Å²) >= 11 is 0. The first kappa shape index (κ1) is 56.2. The van der Waals surface area contributed by atoms with Crippen LogP contribution < -0.4 is 5.73 Å². The number of rotatable bonds is 45. The molecule has 0 saturated heterocycles. The standard InChI is InChI=1S/C46H88NO10P/c1-3-5-7-9-11-13-15-17-19-20-21-22-24-26-28-30-32-34-36-38-45(49)57-42(40-55-58(52,53)56-41-43(47)46(50)51)39-54-44(48)37-35-33-31-29-27-25-23-18-16-14-12-10-8-6-4-2/h17,19,42-43H,3-16,18,20-41,47H2,1-2H3,(H,50,51)(H,52,53)/b19-17-. The molecule has 0 rings (SSSR count). The molecule has 0 fully saturated rings. The van der Waals surface area contributed by atoms with Gasteiger partial charge in [0.05, 0.1) is 13.2 Å². The van der Waals surface area contributed by atoms with Crippen molar-refractivity contribution in [2.24, 2.45) is 5.73 Å². The number of carboxylic acids is 1. The van der Waals surface area contributed by atoms with Gasteiger partial charge in [0.25, 0.3) is 0 Å². The molecular formula is C46H88NO10P. The largest absolute Gasteiger partial charge is 0.480 e. The van der Waals surface area contributed by atoms with Gasteiger partial charge in [-0.3, -0.25) is 23.4 Å². The topological polar surface area (TPSA) is 172 Å². The molecule has 0 aliphatic rings. The Hall–Kier alpha value is -1.78. The normalized spacial score (nSPS) is 13.7.